The number of halogens is 1. The molecule has 1 aliphatic carbocycles. The maximum Gasteiger partial charge on any atom is 0.264 e. The molecule has 0 aliphatic heterocycles. The minimum Gasteiger partial charge on any atom is -0.497 e. The SMILES string of the molecule is COc1ccc(S(=O)(=O)N(CC(=O)N(Cc2ccccc2)[C@@H](Cc2ccccc2)C(=O)NC2CCCC2)c2ccc(F)cc2)cc1. The highest BCUT2D eigenvalue weighted by molar-refractivity contribution is 7.92. The first-order chi connectivity index (χ1) is 22.2. The predicted molar refractivity (Wildman–Crippen MR) is 175 cm³/mol. The molecule has 0 heterocycles. The van der Waals surface area contributed by atoms with Crippen molar-refractivity contribution < 1.29 is 27.1 Å². The van der Waals surface area contributed by atoms with Crippen molar-refractivity contribution in [2.75, 3.05) is 18.0 Å². The average molecular weight is 644 g/mol. The van der Waals surface area contributed by atoms with Crippen LogP contribution in [-0.4, -0.2) is 50.9 Å². The third kappa shape index (κ3) is 8.11. The summed E-state index contributed by atoms with van der Waals surface area (Å²) < 4.78 is 48.3. The van der Waals surface area contributed by atoms with Crippen LogP contribution in [-0.2, 0) is 32.6 Å². The Morgan fingerprint density at radius 2 is 1.43 bits per heavy atom. The molecule has 1 fully saturated rings. The molecule has 2 amide bonds. The van der Waals surface area contributed by atoms with Gasteiger partial charge in [0.25, 0.3) is 10.0 Å². The molecule has 0 aromatic heterocycles. The molecule has 240 valence electrons. The summed E-state index contributed by atoms with van der Waals surface area (Å²) in [5.41, 5.74) is 1.76. The van der Waals surface area contributed by atoms with Gasteiger partial charge in [0.1, 0.15) is 24.2 Å². The van der Waals surface area contributed by atoms with Crippen LogP contribution in [0.3, 0.4) is 0 Å². The number of carbonyl (C=O) groups excluding carboxylic acids is 2. The summed E-state index contributed by atoms with van der Waals surface area (Å²) >= 11 is 0. The summed E-state index contributed by atoms with van der Waals surface area (Å²) in [6.45, 7) is -0.538. The highest BCUT2D eigenvalue weighted by Gasteiger charge is 2.35. The number of carbonyl (C=O) groups is 2. The maximum absolute atomic E-state index is 14.5. The first-order valence-electron chi connectivity index (χ1n) is 15.3. The Bertz CT molecular complexity index is 1700. The number of benzene rings is 4. The van der Waals surface area contributed by atoms with E-state index in [1.54, 1.807) is 0 Å². The summed E-state index contributed by atoms with van der Waals surface area (Å²) in [5, 5.41) is 3.16. The first-order valence-corrected chi connectivity index (χ1v) is 16.8. The lowest BCUT2D eigenvalue weighted by Gasteiger charge is -2.34. The normalized spacial score (nSPS) is 14.0. The lowest BCUT2D eigenvalue weighted by molar-refractivity contribution is -0.140. The average Bonchev–Trinajstić information content (AvgIpc) is 3.59. The number of hydrogen-bond donors (Lipinski definition) is 1. The van der Waals surface area contributed by atoms with E-state index in [1.165, 1.54) is 48.4 Å². The fraction of sp³-hybridized carbons (Fsp3) is 0.278. The van der Waals surface area contributed by atoms with Gasteiger partial charge in [-0.25, -0.2) is 12.8 Å². The molecule has 0 bridgehead atoms. The first kappa shape index (κ1) is 32.7. The van der Waals surface area contributed by atoms with Crippen molar-refractivity contribution in [3.63, 3.8) is 0 Å². The second kappa shape index (κ2) is 15.1. The van der Waals surface area contributed by atoms with Crippen molar-refractivity contribution in [1.29, 1.82) is 0 Å². The second-order valence-corrected chi connectivity index (χ2v) is 13.2. The molecule has 1 N–H and O–H groups in total. The number of methoxy groups -OCH3 is 1. The van der Waals surface area contributed by atoms with Gasteiger partial charge >= 0.3 is 0 Å². The number of anilines is 1. The number of ether oxygens (including phenoxy) is 1. The fourth-order valence-corrected chi connectivity index (χ4v) is 7.13. The van der Waals surface area contributed by atoms with E-state index in [0.717, 1.165) is 53.2 Å². The molecule has 1 saturated carbocycles. The van der Waals surface area contributed by atoms with Gasteiger partial charge in [0.2, 0.25) is 11.8 Å². The van der Waals surface area contributed by atoms with Gasteiger partial charge in [0.15, 0.2) is 0 Å². The number of nitrogens with zero attached hydrogens (tertiary/aromatic N) is 2. The molecule has 0 saturated heterocycles. The molecule has 8 nitrogen and oxygen atoms in total. The quantitative estimate of drug-likeness (QED) is 0.201. The van der Waals surface area contributed by atoms with E-state index in [9.17, 15) is 22.4 Å². The Kier molecular flexibility index (Phi) is 10.7. The third-order valence-electron chi connectivity index (χ3n) is 8.21. The van der Waals surface area contributed by atoms with Crippen molar-refractivity contribution in [3.05, 3.63) is 126 Å². The molecular formula is C36H38FN3O5S. The van der Waals surface area contributed by atoms with Crippen molar-refractivity contribution in [1.82, 2.24) is 10.2 Å². The van der Waals surface area contributed by atoms with Crippen LogP contribution in [0.5, 0.6) is 5.75 Å². The fourth-order valence-electron chi connectivity index (χ4n) is 5.71. The molecule has 46 heavy (non-hydrogen) atoms. The van der Waals surface area contributed by atoms with Gasteiger partial charge in [-0.3, -0.25) is 13.9 Å². The van der Waals surface area contributed by atoms with Crippen molar-refractivity contribution in [3.8, 4) is 5.75 Å². The molecule has 0 unspecified atom stereocenters. The van der Waals surface area contributed by atoms with Crippen LogP contribution in [0.4, 0.5) is 10.1 Å². The molecular weight excluding hydrogens is 605 g/mol. The van der Waals surface area contributed by atoms with Gasteiger partial charge < -0.3 is 15.0 Å². The van der Waals surface area contributed by atoms with Crippen LogP contribution in [0.15, 0.2) is 114 Å². The van der Waals surface area contributed by atoms with Crippen LogP contribution >= 0.6 is 0 Å². The second-order valence-electron chi connectivity index (χ2n) is 11.4. The van der Waals surface area contributed by atoms with Crippen molar-refractivity contribution in [2.45, 2.75) is 55.6 Å². The van der Waals surface area contributed by atoms with E-state index in [-0.39, 0.29) is 35.5 Å². The Labute approximate surface area is 269 Å². The lowest BCUT2D eigenvalue weighted by atomic mass is 10.0. The van der Waals surface area contributed by atoms with E-state index < -0.39 is 34.3 Å². The van der Waals surface area contributed by atoms with E-state index >= 15 is 0 Å². The Morgan fingerprint density at radius 1 is 0.848 bits per heavy atom. The zero-order valence-electron chi connectivity index (χ0n) is 25.7. The van der Waals surface area contributed by atoms with Gasteiger partial charge in [-0.1, -0.05) is 73.5 Å². The summed E-state index contributed by atoms with van der Waals surface area (Å²) in [6.07, 6.45) is 4.02. The van der Waals surface area contributed by atoms with Gasteiger partial charge in [0, 0.05) is 19.0 Å². The Morgan fingerprint density at radius 3 is 2.02 bits per heavy atom. The van der Waals surface area contributed by atoms with Crippen LogP contribution in [0, 0.1) is 5.82 Å². The van der Waals surface area contributed by atoms with Crippen LogP contribution in [0.25, 0.3) is 0 Å². The highest BCUT2D eigenvalue weighted by Crippen LogP contribution is 2.27. The number of rotatable bonds is 13. The largest absolute Gasteiger partial charge is 0.497 e. The van der Waals surface area contributed by atoms with E-state index in [1.807, 2.05) is 60.7 Å². The molecule has 1 aliphatic rings. The third-order valence-corrected chi connectivity index (χ3v) is 10.00. The van der Waals surface area contributed by atoms with Gasteiger partial charge in [-0.05, 0) is 72.5 Å². The topological polar surface area (TPSA) is 96.0 Å². The minimum absolute atomic E-state index is 0.0191. The number of hydrogen-bond acceptors (Lipinski definition) is 5. The van der Waals surface area contributed by atoms with E-state index in [2.05, 4.69) is 5.32 Å². The monoisotopic (exact) mass is 643 g/mol. The minimum atomic E-state index is -4.31. The molecule has 1 atom stereocenters. The molecule has 5 rings (SSSR count). The lowest BCUT2D eigenvalue weighted by Crippen LogP contribution is -2.54. The van der Waals surface area contributed by atoms with Crippen molar-refractivity contribution in [2.24, 2.45) is 0 Å². The zero-order valence-corrected chi connectivity index (χ0v) is 26.5. The van der Waals surface area contributed by atoms with Gasteiger partial charge in [0.05, 0.1) is 17.7 Å². The Balaban J connectivity index is 1.54. The van der Waals surface area contributed by atoms with Gasteiger partial charge in [-0.15, -0.1) is 0 Å². The van der Waals surface area contributed by atoms with E-state index in [4.69, 9.17) is 4.74 Å². The predicted octanol–water partition coefficient (Wildman–Crippen LogP) is 5.73. The molecule has 0 spiro atoms. The molecule has 4 aromatic rings. The van der Waals surface area contributed by atoms with Gasteiger partial charge in [-0.2, -0.15) is 0 Å². The standard InChI is InChI=1S/C36H38FN3O5S/c1-45-32-20-22-33(23-21-32)46(43,44)40(31-18-16-29(37)17-19-31)26-35(41)39(25-28-12-6-3-7-13-28)34(24-27-10-4-2-5-11-27)36(42)38-30-14-8-9-15-30/h2-7,10-13,16-23,30,34H,8-9,14-15,24-26H2,1H3,(H,38,42)/t34-/m0/s1. The van der Waals surface area contributed by atoms with Crippen molar-refractivity contribution >= 4 is 27.5 Å². The highest BCUT2D eigenvalue weighted by atomic mass is 32.2. The van der Waals surface area contributed by atoms with Crippen LogP contribution < -0.4 is 14.4 Å². The number of nitrogens with one attached hydrogen (secondary N) is 1. The molecule has 0 radical (unpaired) electrons. The maximum atomic E-state index is 14.5. The van der Waals surface area contributed by atoms with Crippen LogP contribution in [0.1, 0.15) is 36.8 Å². The molecule has 4 aromatic carbocycles. The Hall–Kier alpha value is -4.70. The van der Waals surface area contributed by atoms with Crippen LogP contribution in [0.2, 0.25) is 0 Å². The smallest absolute Gasteiger partial charge is 0.264 e. The summed E-state index contributed by atoms with van der Waals surface area (Å²) in [4.78, 5) is 29.9. The summed E-state index contributed by atoms with van der Waals surface area (Å²) in [7, 11) is -2.83. The number of amides is 2. The van der Waals surface area contributed by atoms with E-state index in [0.29, 0.717) is 5.75 Å². The zero-order chi connectivity index (χ0) is 32.5. The summed E-state index contributed by atoms with van der Waals surface area (Å²) in [6, 6.07) is 28.6. The summed E-state index contributed by atoms with van der Waals surface area (Å²) in [5.74, 6) is -0.942. The number of sulfonamides is 1. The molecule has 10 heteroatoms.